The van der Waals surface area contributed by atoms with E-state index >= 15 is 4.79 Å². The van der Waals surface area contributed by atoms with Crippen molar-refractivity contribution in [2.75, 3.05) is 46.3 Å². The third-order valence-electron chi connectivity index (χ3n) is 7.72. The van der Waals surface area contributed by atoms with Crippen molar-refractivity contribution in [2.45, 2.75) is 29.0 Å². The normalized spacial score (nSPS) is 21.9. The van der Waals surface area contributed by atoms with Crippen LogP contribution in [0.5, 0.6) is 17.2 Å². The Kier molecular flexibility index (Phi) is 8.03. The minimum Gasteiger partial charge on any atom is -0.497 e. The number of ether oxygens (including phenoxy) is 3. The number of aromatic nitrogens is 1. The molecular formula is C29H31ClN4O8S. The predicted molar refractivity (Wildman–Crippen MR) is 157 cm³/mol. The summed E-state index contributed by atoms with van der Waals surface area (Å²) in [6.45, 7) is -0.151. The molecule has 228 valence electrons. The molecule has 1 N–H and O–H groups in total. The lowest BCUT2D eigenvalue weighted by atomic mass is 9.84. The Morgan fingerprint density at radius 3 is 2.44 bits per heavy atom. The number of rotatable bonds is 8. The van der Waals surface area contributed by atoms with Crippen LogP contribution < -0.4 is 18.5 Å². The number of nitrogens with zero attached hydrogens (tertiary/aromatic N) is 4. The summed E-state index contributed by atoms with van der Waals surface area (Å²) in [6, 6.07) is 10.7. The molecule has 1 aromatic heterocycles. The maximum atomic E-state index is 15.1. The highest BCUT2D eigenvalue weighted by atomic mass is 35.5. The van der Waals surface area contributed by atoms with Gasteiger partial charge in [-0.2, -0.15) is 0 Å². The molecule has 5 rings (SSSR count). The van der Waals surface area contributed by atoms with Crippen LogP contribution in [-0.4, -0.2) is 94.2 Å². The van der Waals surface area contributed by atoms with E-state index in [1.807, 2.05) is 0 Å². The van der Waals surface area contributed by atoms with Crippen LogP contribution in [0.4, 0.5) is 5.69 Å². The second-order valence-electron chi connectivity index (χ2n) is 10.3. The molecule has 1 fully saturated rings. The Balaban J connectivity index is 1.86. The Bertz CT molecular complexity index is 1700. The van der Waals surface area contributed by atoms with E-state index in [1.54, 1.807) is 26.2 Å². The Labute approximate surface area is 254 Å². The zero-order valence-electron chi connectivity index (χ0n) is 24.1. The molecule has 0 saturated carbocycles. The number of aliphatic hydroxyl groups is 1. The van der Waals surface area contributed by atoms with Crippen LogP contribution in [0.25, 0.3) is 0 Å². The van der Waals surface area contributed by atoms with E-state index in [-0.39, 0.29) is 57.2 Å². The van der Waals surface area contributed by atoms with Crippen molar-refractivity contribution in [1.29, 1.82) is 0 Å². The zero-order valence-corrected chi connectivity index (χ0v) is 25.7. The summed E-state index contributed by atoms with van der Waals surface area (Å²) >= 11 is 6.50. The topological polar surface area (TPSA) is 139 Å². The van der Waals surface area contributed by atoms with Crippen LogP contribution in [0.2, 0.25) is 5.02 Å². The first kappa shape index (κ1) is 30.5. The van der Waals surface area contributed by atoms with Crippen molar-refractivity contribution >= 4 is 39.1 Å². The molecule has 0 aliphatic carbocycles. The highest BCUT2D eigenvalue weighted by molar-refractivity contribution is 7.93. The minimum absolute atomic E-state index is 0.00239. The summed E-state index contributed by atoms with van der Waals surface area (Å²) in [7, 11) is 2.58. The molecule has 14 heteroatoms. The van der Waals surface area contributed by atoms with Gasteiger partial charge in [0, 0.05) is 43.5 Å². The molecule has 0 radical (unpaired) electrons. The van der Waals surface area contributed by atoms with Gasteiger partial charge in [0.05, 0.1) is 39.2 Å². The minimum atomic E-state index is -4.67. The first-order valence-corrected chi connectivity index (χ1v) is 15.0. The fourth-order valence-corrected chi connectivity index (χ4v) is 7.63. The van der Waals surface area contributed by atoms with Gasteiger partial charge in [0.2, 0.25) is 5.91 Å². The number of β-amino-alcohol motifs (C(OH)–C–C–N with tert-alkyl or cyclic N) is 1. The van der Waals surface area contributed by atoms with E-state index in [9.17, 15) is 18.3 Å². The van der Waals surface area contributed by atoms with Gasteiger partial charge in [0.25, 0.3) is 15.9 Å². The summed E-state index contributed by atoms with van der Waals surface area (Å²) in [6.07, 6.45) is 0.426. The SMILES string of the molecule is COc1ccc(S(=O)(=O)N2C(=O)C(c3ncccc3OC)(N3C[C@H](O)C[C@H]3C(=O)N(C)C)c3cc(Cl)ccc32)c(OC)c1. The molecular weight excluding hydrogens is 600 g/mol. The predicted octanol–water partition coefficient (Wildman–Crippen LogP) is 2.26. The number of hydrogen-bond acceptors (Lipinski definition) is 10. The number of halogens is 1. The maximum absolute atomic E-state index is 15.1. The summed E-state index contributed by atoms with van der Waals surface area (Å²) < 4.78 is 46.0. The number of likely N-dealkylation sites (N-methyl/N-ethyl adjacent to an activating group) is 1. The molecule has 2 aliphatic rings. The van der Waals surface area contributed by atoms with Crippen LogP contribution in [0.3, 0.4) is 0 Å². The van der Waals surface area contributed by atoms with Gasteiger partial charge in [-0.25, -0.2) is 12.7 Å². The van der Waals surface area contributed by atoms with Gasteiger partial charge >= 0.3 is 0 Å². The number of benzene rings is 2. The second kappa shape index (κ2) is 11.3. The van der Waals surface area contributed by atoms with Crippen molar-refractivity contribution in [3.05, 3.63) is 71.0 Å². The number of likely N-dealkylation sites (tertiary alicyclic amines) is 1. The summed E-state index contributed by atoms with van der Waals surface area (Å²) in [5, 5.41) is 11.1. The standard InChI is InChI=1S/C29H31ClN4O8S/c1-32(2)27(36)22-14-18(35)16-33(22)29(26-23(41-4)7-6-12-31-26)20-13-17(30)8-10-21(20)34(28(29)37)43(38,39)25-11-9-19(40-3)15-24(25)42-5/h6-13,15,18,22,35H,14,16H2,1-5H3/t18-,22+,29?/m1/s1. The number of fused-ring (bicyclic) bond motifs is 1. The lowest BCUT2D eigenvalue weighted by Gasteiger charge is -2.41. The Morgan fingerprint density at radius 2 is 1.79 bits per heavy atom. The highest BCUT2D eigenvalue weighted by Gasteiger charge is 2.65. The molecule has 3 atom stereocenters. The van der Waals surface area contributed by atoms with Gasteiger partial charge in [-0.1, -0.05) is 11.6 Å². The number of hydrogen-bond donors (Lipinski definition) is 1. The zero-order chi connectivity index (χ0) is 31.3. The smallest absolute Gasteiger partial charge is 0.274 e. The fourth-order valence-electron chi connectivity index (χ4n) is 5.86. The van der Waals surface area contributed by atoms with Crippen LogP contribution in [0, 0.1) is 0 Å². The molecule has 43 heavy (non-hydrogen) atoms. The van der Waals surface area contributed by atoms with Crippen LogP contribution in [0.1, 0.15) is 17.7 Å². The number of pyridine rings is 1. The number of anilines is 1. The van der Waals surface area contributed by atoms with E-state index in [0.717, 1.165) is 0 Å². The average Bonchev–Trinajstić information content (AvgIpc) is 3.50. The van der Waals surface area contributed by atoms with Gasteiger partial charge in [0.1, 0.15) is 27.8 Å². The van der Waals surface area contributed by atoms with E-state index in [0.29, 0.717) is 10.1 Å². The molecule has 12 nitrogen and oxygen atoms in total. The molecule has 2 aromatic carbocycles. The summed E-state index contributed by atoms with van der Waals surface area (Å²) in [5.74, 6) is -0.877. The molecule has 3 heterocycles. The highest BCUT2D eigenvalue weighted by Crippen LogP contribution is 2.54. The van der Waals surface area contributed by atoms with Gasteiger partial charge < -0.3 is 24.2 Å². The largest absolute Gasteiger partial charge is 0.497 e. The molecule has 2 aliphatic heterocycles. The number of carbonyl (C=O) groups excluding carboxylic acids is 2. The molecule has 2 amide bonds. The van der Waals surface area contributed by atoms with Gasteiger partial charge in [0.15, 0.2) is 5.54 Å². The van der Waals surface area contributed by atoms with Crippen LogP contribution in [0.15, 0.2) is 59.6 Å². The van der Waals surface area contributed by atoms with Crippen molar-refractivity contribution < 1.29 is 37.3 Å². The van der Waals surface area contributed by atoms with E-state index in [1.165, 1.54) is 73.7 Å². The Hall–Kier alpha value is -3.91. The number of sulfonamides is 1. The second-order valence-corrected chi connectivity index (χ2v) is 12.5. The lowest BCUT2D eigenvalue weighted by molar-refractivity contribution is -0.138. The van der Waals surface area contributed by atoms with Crippen molar-refractivity contribution in [1.82, 2.24) is 14.8 Å². The van der Waals surface area contributed by atoms with E-state index in [2.05, 4.69) is 4.98 Å². The first-order chi connectivity index (χ1) is 20.4. The van der Waals surface area contributed by atoms with Crippen LogP contribution in [-0.2, 0) is 25.2 Å². The number of carbonyl (C=O) groups is 2. The maximum Gasteiger partial charge on any atom is 0.274 e. The quantitative estimate of drug-likeness (QED) is 0.394. The van der Waals surface area contributed by atoms with Gasteiger partial charge in [-0.05, 0) is 48.9 Å². The number of amides is 2. The number of methoxy groups -OCH3 is 3. The molecule has 1 unspecified atom stereocenters. The number of aliphatic hydroxyl groups excluding tert-OH is 1. The molecule has 0 spiro atoms. The monoisotopic (exact) mass is 630 g/mol. The van der Waals surface area contributed by atoms with Gasteiger partial charge in [-0.3, -0.25) is 19.5 Å². The van der Waals surface area contributed by atoms with Gasteiger partial charge in [-0.15, -0.1) is 0 Å². The molecule has 1 saturated heterocycles. The lowest BCUT2D eigenvalue weighted by Crippen LogP contribution is -2.59. The average molecular weight is 631 g/mol. The molecule has 0 bridgehead atoms. The summed E-state index contributed by atoms with van der Waals surface area (Å²) in [5.41, 5.74) is -1.86. The third-order valence-corrected chi connectivity index (χ3v) is 9.69. The van der Waals surface area contributed by atoms with Crippen molar-refractivity contribution in [3.63, 3.8) is 0 Å². The first-order valence-electron chi connectivity index (χ1n) is 13.2. The fraction of sp³-hybridized carbons (Fsp3) is 0.345. The van der Waals surface area contributed by atoms with E-state index in [4.69, 9.17) is 25.8 Å². The van der Waals surface area contributed by atoms with Crippen molar-refractivity contribution in [3.8, 4) is 17.2 Å². The Morgan fingerprint density at radius 1 is 1.07 bits per heavy atom. The summed E-state index contributed by atoms with van der Waals surface area (Å²) in [4.78, 5) is 35.8. The van der Waals surface area contributed by atoms with E-state index < -0.39 is 33.6 Å². The van der Waals surface area contributed by atoms with Crippen LogP contribution >= 0.6 is 11.6 Å². The third kappa shape index (κ3) is 4.67. The van der Waals surface area contributed by atoms with Crippen molar-refractivity contribution in [2.24, 2.45) is 0 Å². The molecule has 3 aromatic rings.